The van der Waals surface area contributed by atoms with Crippen LogP contribution >= 0.6 is 47.0 Å². The molecule has 2 unspecified atom stereocenters. The van der Waals surface area contributed by atoms with Crippen LogP contribution in [-0.2, 0) is 0 Å². The number of rotatable bonds is 3. The number of thioether (sulfide) groups is 4. The lowest BCUT2D eigenvalue weighted by Gasteiger charge is -2.35. The van der Waals surface area contributed by atoms with Crippen LogP contribution in [0, 0.1) is 0 Å². The SMILES string of the molecule is CC1CSC(C)(CSC2=CSC2)CS1. The van der Waals surface area contributed by atoms with Gasteiger partial charge in [0.1, 0.15) is 0 Å². The van der Waals surface area contributed by atoms with Crippen LogP contribution in [0.4, 0.5) is 0 Å². The van der Waals surface area contributed by atoms with Gasteiger partial charge in [-0.25, -0.2) is 0 Å². The van der Waals surface area contributed by atoms with E-state index in [2.05, 4.69) is 54.5 Å². The van der Waals surface area contributed by atoms with E-state index in [4.69, 9.17) is 0 Å². The summed E-state index contributed by atoms with van der Waals surface area (Å²) in [5.41, 5.74) is 0. The molecule has 0 saturated carbocycles. The molecule has 0 nitrogen and oxygen atoms in total. The fourth-order valence-electron chi connectivity index (χ4n) is 1.28. The molecule has 1 fully saturated rings. The Bertz CT molecular complexity index is 228. The summed E-state index contributed by atoms with van der Waals surface area (Å²) < 4.78 is 0.517. The van der Waals surface area contributed by atoms with Crippen LogP contribution in [-0.4, -0.2) is 33.0 Å². The molecule has 2 aliphatic heterocycles. The van der Waals surface area contributed by atoms with Gasteiger partial charge in [-0.1, -0.05) is 6.92 Å². The average molecular weight is 265 g/mol. The fraction of sp³-hybridized carbons (Fsp3) is 0.800. The smallest absolute Gasteiger partial charge is 0.0316 e. The van der Waals surface area contributed by atoms with Crippen LogP contribution in [0.15, 0.2) is 10.3 Å². The predicted octanol–water partition coefficient (Wildman–Crippen LogP) is 3.94. The zero-order chi connectivity index (χ0) is 10.0. The molecule has 1 saturated heterocycles. The van der Waals surface area contributed by atoms with Gasteiger partial charge in [0.25, 0.3) is 0 Å². The molecule has 0 aromatic rings. The van der Waals surface area contributed by atoms with Crippen LogP contribution in [0.2, 0.25) is 0 Å². The van der Waals surface area contributed by atoms with Gasteiger partial charge in [0.2, 0.25) is 0 Å². The molecule has 4 heteroatoms. The second-order valence-electron chi connectivity index (χ2n) is 4.07. The maximum atomic E-state index is 2.43. The first kappa shape index (κ1) is 11.6. The predicted molar refractivity (Wildman–Crippen MR) is 75.8 cm³/mol. The van der Waals surface area contributed by atoms with Crippen molar-refractivity contribution in [3.8, 4) is 0 Å². The highest BCUT2D eigenvalue weighted by molar-refractivity contribution is 8.12. The summed E-state index contributed by atoms with van der Waals surface area (Å²) in [6.07, 6.45) is 0. The first-order valence-corrected chi connectivity index (χ1v) is 8.94. The first-order valence-electron chi connectivity index (χ1n) is 4.87. The molecular formula is C10H16S4. The van der Waals surface area contributed by atoms with Crippen molar-refractivity contribution in [2.75, 3.05) is 23.0 Å². The van der Waals surface area contributed by atoms with Gasteiger partial charge in [-0.3, -0.25) is 0 Å². The van der Waals surface area contributed by atoms with Crippen molar-refractivity contribution in [3.05, 3.63) is 10.3 Å². The quantitative estimate of drug-likeness (QED) is 0.757. The Labute approximate surface area is 104 Å². The molecule has 80 valence electrons. The van der Waals surface area contributed by atoms with E-state index in [1.54, 1.807) is 4.91 Å². The minimum absolute atomic E-state index is 0.517. The van der Waals surface area contributed by atoms with E-state index in [0.29, 0.717) is 4.75 Å². The third-order valence-corrected chi connectivity index (χ3v) is 8.79. The van der Waals surface area contributed by atoms with Crippen molar-refractivity contribution in [3.63, 3.8) is 0 Å². The van der Waals surface area contributed by atoms with E-state index < -0.39 is 0 Å². The third-order valence-electron chi connectivity index (χ3n) is 2.34. The van der Waals surface area contributed by atoms with E-state index in [1.165, 1.54) is 23.0 Å². The maximum Gasteiger partial charge on any atom is 0.0316 e. The normalized spacial score (nSPS) is 37.6. The Morgan fingerprint density at radius 1 is 1.64 bits per heavy atom. The number of hydrogen-bond donors (Lipinski definition) is 0. The first-order chi connectivity index (χ1) is 6.68. The van der Waals surface area contributed by atoms with Gasteiger partial charge in [-0.2, -0.15) is 23.5 Å². The molecule has 0 spiro atoms. The Morgan fingerprint density at radius 2 is 2.43 bits per heavy atom. The third kappa shape index (κ3) is 3.06. The van der Waals surface area contributed by atoms with Crippen LogP contribution in [0.1, 0.15) is 13.8 Å². The van der Waals surface area contributed by atoms with E-state index in [0.717, 1.165) is 5.25 Å². The summed E-state index contributed by atoms with van der Waals surface area (Å²) in [6.45, 7) is 4.77. The van der Waals surface area contributed by atoms with Gasteiger partial charge < -0.3 is 0 Å². The lowest BCUT2D eigenvalue weighted by Crippen LogP contribution is -2.33. The van der Waals surface area contributed by atoms with E-state index in [-0.39, 0.29) is 0 Å². The monoisotopic (exact) mass is 264 g/mol. The van der Waals surface area contributed by atoms with Crippen molar-refractivity contribution in [2.24, 2.45) is 0 Å². The van der Waals surface area contributed by atoms with Crippen molar-refractivity contribution in [1.82, 2.24) is 0 Å². The van der Waals surface area contributed by atoms with Gasteiger partial charge in [-0.05, 0) is 12.3 Å². The molecule has 0 amide bonds. The van der Waals surface area contributed by atoms with Crippen molar-refractivity contribution in [2.45, 2.75) is 23.8 Å². The zero-order valence-electron chi connectivity index (χ0n) is 8.62. The van der Waals surface area contributed by atoms with Crippen molar-refractivity contribution in [1.29, 1.82) is 0 Å². The summed E-state index contributed by atoms with van der Waals surface area (Å²) in [4.78, 5) is 1.60. The average Bonchev–Trinajstić information content (AvgIpc) is 2.08. The van der Waals surface area contributed by atoms with Gasteiger partial charge in [0.05, 0.1) is 0 Å². The van der Waals surface area contributed by atoms with Gasteiger partial charge in [0.15, 0.2) is 0 Å². The topological polar surface area (TPSA) is 0 Å². The standard InChI is InChI=1S/C10H16S4/c1-8-3-14-10(2,6-12-8)7-13-9-4-11-5-9/h4,8H,3,5-7H2,1-2H3. The van der Waals surface area contributed by atoms with E-state index in [9.17, 15) is 0 Å². The molecule has 2 aliphatic rings. The van der Waals surface area contributed by atoms with Gasteiger partial charge in [0, 0.05) is 37.9 Å². The van der Waals surface area contributed by atoms with Crippen molar-refractivity contribution < 1.29 is 0 Å². The largest absolute Gasteiger partial charge is 0.157 e. The summed E-state index contributed by atoms with van der Waals surface area (Å²) in [5, 5.41) is 3.16. The van der Waals surface area contributed by atoms with Crippen LogP contribution in [0.5, 0.6) is 0 Å². The molecule has 0 aromatic carbocycles. The Kier molecular flexibility index (Phi) is 4.13. The number of hydrogen-bond acceptors (Lipinski definition) is 4. The highest BCUT2D eigenvalue weighted by Gasteiger charge is 2.31. The van der Waals surface area contributed by atoms with Crippen LogP contribution in [0.3, 0.4) is 0 Å². The zero-order valence-corrected chi connectivity index (χ0v) is 11.9. The Hall–Kier alpha value is 1.14. The summed E-state index contributed by atoms with van der Waals surface area (Å²) in [7, 11) is 0. The second-order valence-corrected chi connectivity index (χ2v) is 9.06. The van der Waals surface area contributed by atoms with Crippen molar-refractivity contribution >= 4 is 47.0 Å². The Balaban J connectivity index is 1.77. The van der Waals surface area contributed by atoms with Gasteiger partial charge in [-0.15, -0.1) is 23.5 Å². The van der Waals surface area contributed by atoms with Gasteiger partial charge >= 0.3 is 0 Å². The minimum Gasteiger partial charge on any atom is -0.157 e. The highest BCUT2D eigenvalue weighted by Crippen LogP contribution is 2.43. The highest BCUT2D eigenvalue weighted by atomic mass is 32.2. The molecule has 2 rings (SSSR count). The van der Waals surface area contributed by atoms with E-state index >= 15 is 0 Å². The lowest BCUT2D eigenvalue weighted by molar-refractivity contribution is 0.815. The lowest BCUT2D eigenvalue weighted by atomic mass is 10.2. The second kappa shape index (κ2) is 4.98. The van der Waals surface area contributed by atoms with Crippen LogP contribution < -0.4 is 0 Å². The van der Waals surface area contributed by atoms with Crippen LogP contribution in [0.25, 0.3) is 0 Å². The molecule has 0 N–H and O–H groups in total. The molecule has 0 radical (unpaired) electrons. The minimum atomic E-state index is 0.517. The molecule has 0 bridgehead atoms. The summed E-state index contributed by atoms with van der Waals surface area (Å²) >= 11 is 8.33. The molecule has 14 heavy (non-hydrogen) atoms. The Morgan fingerprint density at radius 3 is 2.93 bits per heavy atom. The fourth-order valence-corrected chi connectivity index (χ4v) is 6.33. The molecule has 2 heterocycles. The maximum absolute atomic E-state index is 2.43. The molecular weight excluding hydrogens is 248 g/mol. The molecule has 2 atom stereocenters. The summed E-state index contributed by atoms with van der Waals surface area (Å²) in [5.74, 6) is 5.21. The molecule has 0 aliphatic carbocycles. The summed E-state index contributed by atoms with van der Waals surface area (Å²) in [6, 6.07) is 0. The molecule has 0 aromatic heterocycles. The van der Waals surface area contributed by atoms with E-state index in [1.807, 2.05) is 11.8 Å².